The highest BCUT2D eigenvalue weighted by Gasteiger charge is 2.18. The zero-order valence-electron chi connectivity index (χ0n) is 10.4. The van der Waals surface area contributed by atoms with Crippen LogP contribution in [0, 0.1) is 5.92 Å². The van der Waals surface area contributed by atoms with Gasteiger partial charge in [0.2, 0.25) is 5.91 Å². The number of likely N-dealkylation sites (N-methyl/N-ethyl adjacent to an activating group) is 1. The summed E-state index contributed by atoms with van der Waals surface area (Å²) in [7, 11) is 0. The predicted octanol–water partition coefficient (Wildman–Crippen LogP) is 1.40. The van der Waals surface area contributed by atoms with E-state index in [9.17, 15) is 4.79 Å². The lowest BCUT2D eigenvalue weighted by molar-refractivity contribution is -0.129. The molecule has 0 heterocycles. The van der Waals surface area contributed by atoms with Crippen molar-refractivity contribution >= 4 is 11.7 Å². The second-order valence-electron chi connectivity index (χ2n) is 4.29. The fourth-order valence-electron chi connectivity index (χ4n) is 2.19. The molecule has 0 aromatic heterocycles. The van der Waals surface area contributed by atoms with Crippen LogP contribution in [0.5, 0.6) is 0 Å². The molecule has 92 valence electrons. The van der Waals surface area contributed by atoms with Gasteiger partial charge in [-0.05, 0) is 26.7 Å². The first-order chi connectivity index (χ1) is 7.69. The number of carbonyl (C=O) groups excluding carboxylic acids is 1. The first-order valence-electron chi connectivity index (χ1n) is 6.26. The van der Waals surface area contributed by atoms with Gasteiger partial charge in [0, 0.05) is 19.0 Å². The van der Waals surface area contributed by atoms with Gasteiger partial charge in [-0.15, -0.1) is 0 Å². The molecule has 1 amide bonds. The maximum Gasteiger partial charge on any atom is 0.244 e. The lowest BCUT2D eigenvalue weighted by Gasteiger charge is -2.17. The zero-order valence-corrected chi connectivity index (χ0v) is 10.4. The van der Waals surface area contributed by atoms with Crippen molar-refractivity contribution in [3.8, 4) is 0 Å². The van der Waals surface area contributed by atoms with Crippen molar-refractivity contribution in [2.75, 3.05) is 19.6 Å². The molecule has 0 saturated heterocycles. The quantitative estimate of drug-likeness (QED) is 0.568. The van der Waals surface area contributed by atoms with Crippen LogP contribution >= 0.6 is 0 Å². The van der Waals surface area contributed by atoms with Crippen LogP contribution < -0.4 is 5.73 Å². The summed E-state index contributed by atoms with van der Waals surface area (Å²) in [5.74, 6) is 1.17. The molecule has 2 N–H and O–H groups in total. The molecule has 0 bridgehead atoms. The van der Waals surface area contributed by atoms with E-state index in [1.807, 2.05) is 13.8 Å². The third-order valence-electron chi connectivity index (χ3n) is 3.29. The van der Waals surface area contributed by atoms with Crippen molar-refractivity contribution in [1.29, 1.82) is 0 Å². The van der Waals surface area contributed by atoms with Gasteiger partial charge in [0.1, 0.15) is 6.54 Å². The number of nitrogens with zero attached hydrogens (tertiary/aromatic N) is 2. The fraction of sp³-hybridized carbons (Fsp3) is 0.833. The summed E-state index contributed by atoms with van der Waals surface area (Å²) in [6.45, 7) is 5.66. The minimum atomic E-state index is 0.0750. The predicted molar refractivity (Wildman–Crippen MR) is 66.4 cm³/mol. The van der Waals surface area contributed by atoms with E-state index < -0.39 is 0 Å². The molecule has 0 atom stereocenters. The van der Waals surface area contributed by atoms with Gasteiger partial charge in [0.15, 0.2) is 0 Å². The molecule has 1 rings (SSSR count). The van der Waals surface area contributed by atoms with Crippen molar-refractivity contribution in [1.82, 2.24) is 4.90 Å². The Morgan fingerprint density at radius 2 is 1.88 bits per heavy atom. The van der Waals surface area contributed by atoms with Crippen LogP contribution in [-0.4, -0.2) is 36.3 Å². The van der Waals surface area contributed by atoms with Crippen molar-refractivity contribution in [3.05, 3.63) is 0 Å². The number of hydrogen-bond donors (Lipinski definition) is 1. The molecule has 0 aromatic rings. The van der Waals surface area contributed by atoms with Crippen LogP contribution in [-0.2, 0) is 4.79 Å². The minimum Gasteiger partial charge on any atom is -0.387 e. The Balaban J connectivity index is 2.41. The lowest BCUT2D eigenvalue weighted by Crippen LogP contribution is -2.33. The molecule has 0 aliphatic heterocycles. The van der Waals surface area contributed by atoms with Crippen LogP contribution in [0.3, 0.4) is 0 Å². The normalized spacial score (nSPS) is 17.8. The molecule has 0 unspecified atom stereocenters. The van der Waals surface area contributed by atoms with Crippen LogP contribution in [0.1, 0.15) is 39.5 Å². The van der Waals surface area contributed by atoms with Crippen LogP contribution in [0.25, 0.3) is 0 Å². The summed E-state index contributed by atoms with van der Waals surface area (Å²) in [5.41, 5.74) is 5.89. The number of hydrogen-bond acceptors (Lipinski definition) is 2. The van der Waals surface area contributed by atoms with Gasteiger partial charge in [-0.25, -0.2) is 0 Å². The Kier molecular flexibility index (Phi) is 5.29. The molecule has 16 heavy (non-hydrogen) atoms. The average Bonchev–Trinajstić information content (AvgIpc) is 2.81. The van der Waals surface area contributed by atoms with Crippen molar-refractivity contribution in [3.63, 3.8) is 0 Å². The first-order valence-corrected chi connectivity index (χ1v) is 6.26. The number of rotatable bonds is 5. The second-order valence-corrected chi connectivity index (χ2v) is 4.29. The Bertz CT molecular complexity index is 253. The maximum atomic E-state index is 11.7. The van der Waals surface area contributed by atoms with Gasteiger partial charge in [-0.2, -0.15) is 0 Å². The highest BCUT2D eigenvalue weighted by atomic mass is 16.2. The molecule has 0 spiro atoms. The van der Waals surface area contributed by atoms with Gasteiger partial charge in [-0.1, -0.05) is 12.8 Å². The average molecular weight is 225 g/mol. The van der Waals surface area contributed by atoms with Gasteiger partial charge < -0.3 is 10.6 Å². The third-order valence-corrected chi connectivity index (χ3v) is 3.29. The van der Waals surface area contributed by atoms with E-state index >= 15 is 0 Å². The summed E-state index contributed by atoms with van der Waals surface area (Å²) in [6, 6.07) is 0. The third kappa shape index (κ3) is 3.51. The molecular formula is C12H23N3O. The Hall–Kier alpha value is -1.06. The van der Waals surface area contributed by atoms with Crippen molar-refractivity contribution < 1.29 is 4.79 Å². The Morgan fingerprint density at radius 1 is 1.31 bits per heavy atom. The van der Waals surface area contributed by atoms with Gasteiger partial charge in [0.25, 0.3) is 0 Å². The molecular weight excluding hydrogens is 202 g/mol. The van der Waals surface area contributed by atoms with E-state index in [0.29, 0.717) is 11.8 Å². The van der Waals surface area contributed by atoms with Crippen LogP contribution in [0.15, 0.2) is 4.99 Å². The van der Waals surface area contributed by atoms with Crippen LogP contribution in [0.2, 0.25) is 0 Å². The zero-order chi connectivity index (χ0) is 12.0. The van der Waals surface area contributed by atoms with E-state index in [-0.39, 0.29) is 12.5 Å². The molecule has 1 aliphatic carbocycles. The van der Waals surface area contributed by atoms with Crippen molar-refractivity contribution in [2.24, 2.45) is 16.6 Å². The number of aliphatic imine (C=N–C) groups is 1. The van der Waals surface area contributed by atoms with E-state index in [1.54, 1.807) is 4.90 Å². The summed E-state index contributed by atoms with van der Waals surface area (Å²) in [5, 5.41) is 0. The molecule has 1 saturated carbocycles. The molecule has 0 radical (unpaired) electrons. The summed E-state index contributed by atoms with van der Waals surface area (Å²) < 4.78 is 0. The topological polar surface area (TPSA) is 58.7 Å². The maximum absolute atomic E-state index is 11.7. The summed E-state index contributed by atoms with van der Waals surface area (Å²) in [4.78, 5) is 17.7. The molecule has 1 fully saturated rings. The number of carbonyl (C=O) groups is 1. The van der Waals surface area contributed by atoms with Gasteiger partial charge >= 0.3 is 0 Å². The minimum absolute atomic E-state index is 0.0750. The number of amides is 1. The molecule has 4 nitrogen and oxygen atoms in total. The second kappa shape index (κ2) is 6.51. The Labute approximate surface area is 97.9 Å². The van der Waals surface area contributed by atoms with E-state index in [4.69, 9.17) is 5.73 Å². The monoisotopic (exact) mass is 225 g/mol. The summed E-state index contributed by atoms with van der Waals surface area (Å²) in [6.07, 6.45) is 4.75. The number of nitrogens with two attached hydrogens (primary N) is 1. The SMILES string of the molecule is CCN(CC)C(=O)CN=C(N)C1CCCC1. The van der Waals surface area contributed by atoms with Gasteiger partial charge in [0.05, 0.1) is 5.84 Å². The molecule has 0 aromatic carbocycles. The standard InChI is InChI=1S/C12H23N3O/c1-3-15(4-2)11(16)9-14-12(13)10-7-5-6-8-10/h10H,3-9H2,1-2H3,(H2,13,14). The highest BCUT2D eigenvalue weighted by Crippen LogP contribution is 2.24. The van der Waals surface area contributed by atoms with E-state index in [0.717, 1.165) is 25.9 Å². The molecule has 4 heteroatoms. The smallest absolute Gasteiger partial charge is 0.244 e. The van der Waals surface area contributed by atoms with Crippen LogP contribution in [0.4, 0.5) is 0 Å². The first kappa shape index (κ1) is 13.0. The largest absolute Gasteiger partial charge is 0.387 e. The van der Waals surface area contributed by atoms with E-state index in [2.05, 4.69) is 4.99 Å². The Morgan fingerprint density at radius 3 is 2.38 bits per heavy atom. The van der Waals surface area contributed by atoms with Gasteiger partial charge in [-0.3, -0.25) is 9.79 Å². The van der Waals surface area contributed by atoms with E-state index in [1.165, 1.54) is 12.8 Å². The highest BCUT2D eigenvalue weighted by molar-refractivity contribution is 5.86. The molecule has 1 aliphatic rings. The number of amidine groups is 1. The summed E-state index contributed by atoms with van der Waals surface area (Å²) >= 11 is 0. The fourth-order valence-corrected chi connectivity index (χ4v) is 2.19. The lowest BCUT2D eigenvalue weighted by atomic mass is 10.1. The van der Waals surface area contributed by atoms with Crippen molar-refractivity contribution in [2.45, 2.75) is 39.5 Å².